The van der Waals surface area contributed by atoms with Crippen LogP contribution in [0.5, 0.6) is 5.75 Å². The first-order valence-corrected chi connectivity index (χ1v) is 9.80. The summed E-state index contributed by atoms with van der Waals surface area (Å²) in [7, 11) is 0. The minimum absolute atomic E-state index is 0.408. The summed E-state index contributed by atoms with van der Waals surface area (Å²) in [5, 5.41) is 7.24. The maximum absolute atomic E-state index is 6.02. The van der Waals surface area contributed by atoms with E-state index in [0.717, 1.165) is 50.7 Å². The molecule has 0 amide bonds. The molecule has 0 aliphatic rings. The molecule has 0 fully saturated rings. The van der Waals surface area contributed by atoms with Crippen molar-refractivity contribution in [2.45, 2.75) is 20.5 Å². The van der Waals surface area contributed by atoms with Crippen molar-refractivity contribution in [3.63, 3.8) is 0 Å². The lowest BCUT2D eigenvalue weighted by Gasteiger charge is -2.09. The summed E-state index contributed by atoms with van der Waals surface area (Å²) in [6.45, 7) is 4.44. The van der Waals surface area contributed by atoms with E-state index in [-0.39, 0.29) is 0 Å². The lowest BCUT2D eigenvalue weighted by Crippen LogP contribution is -1.98. The van der Waals surface area contributed by atoms with Crippen molar-refractivity contribution in [3.8, 4) is 28.0 Å². The largest absolute Gasteiger partial charge is 0.487 e. The molecule has 0 saturated carbocycles. The first kappa shape index (κ1) is 18.1. The van der Waals surface area contributed by atoms with E-state index in [1.54, 1.807) is 0 Å². The zero-order valence-electron chi connectivity index (χ0n) is 16.8. The topological polar surface area (TPSA) is 68.1 Å². The van der Waals surface area contributed by atoms with E-state index >= 15 is 0 Å². The van der Waals surface area contributed by atoms with Crippen LogP contribution in [0.15, 0.2) is 73.3 Å². The molecule has 1 N–H and O–H groups in total. The van der Waals surface area contributed by atoms with Crippen LogP contribution in [-0.2, 0) is 6.61 Å². The molecule has 5 aromatic rings. The van der Waals surface area contributed by atoms with Crippen LogP contribution < -0.4 is 4.74 Å². The van der Waals surface area contributed by atoms with E-state index in [4.69, 9.17) is 4.74 Å². The second kappa shape index (κ2) is 7.48. The van der Waals surface area contributed by atoms with Crippen LogP contribution in [0.25, 0.3) is 27.9 Å². The van der Waals surface area contributed by atoms with Gasteiger partial charge in [0.25, 0.3) is 0 Å². The fraction of sp³-hybridized carbons (Fsp3) is 0.125. The number of ether oxygens (including phenoxy) is 1. The third-order valence-electron chi connectivity index (χ3n) is 5.20. The molecule has 4 aromatic heterocycles. The number of hydrogen-bond acceptors (Lipinski definition) is 4. The van der Waals surface area contributed by atoms with Crippen molar-refractivity contribution in [3.05, 3.63) is 90.4 Å². The summed E-state index contributed by atoms with van der Waals surface area (Å²) in [6, 6.07) is 16.3. The minimum Gasteiger partial charge on any atom is -0.487 e. The number of aromatic nitrogens is 5. The highest BCUT2D eigenvalue weighted by atomic mass is 16.5. The second-order valence-corrected chi connectivity index (χ2v) is 7.28. The fourth-order valence-electron chi connectivity index (χ4n) is 3.63. The quantitative estimate of drug-likeness (QED) is 0.456. The van der Waals surface area contributed by atoms with Crippen molar-refractivity contribution < 1.29 is 4.74 Å². The number of nitrogens with zero attached hydrogens (tertiary/aromatic N) is 4. The number of rotatable bonds is 5. The Morgan fingerprint density at radius 2 is 1.80 bits per heavy atom. The molecule has 0 atom stereocenters. The molecule has 0 radical (unpaired) electrons. The number of fused-ring (bicyclic) bond motifs is 1. The Morgan fingerprint density at radius 1 is 0.933 bits per heavy atom. The van der Waals surface area contributed by atoms with Crippen LogP contribution in [0, 0.1) is 13.8 Å². The van der Waals surface area contributed by atoms with Crippen molar-refractivity contribution in [1.82, 2.24) is 24.6 Å². The van der Waals surface area contributed by atoms with Gasteiger partial charge in [-0.25, -0.2) is 4.98 Å². The first-order valence-electron chi connectivity index (χ1n) is 9.80. The highest BCUT2D eigenvalue weighted by Crippen LogP contribution is 2.27. The van der Waals surface area contributed by atoms with Gasteiger partial charge in [-0.05, 0) is 61.4 Å². The summed E-state index contributed by atoms with van der Waals surface area (Å²) in [6.07, 6.45) is 7.56. The number of H-pyrrole nitrogens is 1. The fourth-order valence-corrected chi connectivity index (χ4v) is 3.63. The van der Waals surface area contributed by atoms with Crippen LogP contribution in [0.3, 0.4) is 0 Å². The number of benzene rings is 1. The maximum atomic E-state index is 6.02. The molecule has 5 rings (SSSR count). The van der Waals surface area contributed by atoms with Gasteiger partial charge >= 0.3 is 0 Å². The number of imidazole rings is 1. The Kier molecular flexibility index (Phi) is 4.52. The molecule has 0 bridgehead atoms. The van der Waals surface area contributed by atoms with Crippen molar-refractivity contribution in [1.29, 1.82) is 0 Å². The molecular formula is C24H21N5O. The second-order valence-electron chi connectivity index (χ2n) is 7.28. The summed E-state index contributed by atoms with van der Waals surface area (Å²) < 4.78 is 8.12. The van der Waals surface area contributed by atoms with Gasteiger partial charge in [-0.15, -0.1) is 0 Å². The number of aromatic amines is 1. The Bertz CT molecular complexity index is 1320. The molecule has 1 aromatic carbocycles. The smallest absolute Gasteiger partial charge is 0.144 e. The first-order chi connectivity index (χ1) is 14.7. The SMILES string of the molecule is Cc1cc(-c2cn[nH]c2COc2ccc(-c3cccn4c(C)cnc34)cc2)ccn1. The Hall–Kier alpha value is -3.93. The van der Waals surface area contributed by atoms with Gasteiger partial charge in [-0.1, -0.05) is 12.1 Å². The molecule has 30 heavy (non-hydrogen) atoms. The van der Waals surface area contributed by atoms with Crippen LogP contribution >= 0.6 is 0 Å². The maximum Gasteiger partial charge on any atom is 0.144 e. The molecular weight excluding hydrogens is 374 g/mol. The highest BCUT2D eigenvalue weighted by molar-refractivity contribution is 5.78. The van der Waals surface area contributed by atoms with E-state index in [2.05, 4.69) is 49.7 Å². The molecule has 0 unspecified atom stereocenters. The molecule has 4 heterocycles. The molecule has 0 aliphatic carbocycles. The average Bonchev–Trinajstić information content (AvgIpc) is 3.39. The van der Waals surface area contributed by atoms with E-state index in [0.29, 0.717) is 6.61 Å². The predicted molar refractivity (Wildman–Crippen MR) is 116 cm³/mol. The van der Waals surface area contributed by atoms with Crippen LogP contribution in [0.2, 0.25) is 0 Å². The molecule has 0 saturated heterocycles. The van der Waals surface area contributed by atoms with Gasteiger partial charge in [0.2, 0.25) is 0 Å². The lowest BCUT2D eigenvalue weighted by molar-refractivity contribution is 0.301. The molecule has 0 spiro atoms. The molecule has 148 valence electrons. The molecule has 0 aliphatic heterocycles. The zero-order chi connectivity index (χ0) is 20.5. The zero-order valence-corrected chi connectivity index (χ0v) is 16.8. The highest BCUT2D eigenvalue weighted by Gasteiger charge is 2.10. The number of aryl methyl sites for hydroxylation is 2. The number of nitrogens with one attached hydrogen (secondary N) is 1. The molecule has 6 nitrogen and oxygen atoms in total. The van der Waals surface area contributed by atoms with Crippen molar-refractivity contribution >= 4 is 5.65 Å². The standard InChI is InChI=1S/C24H21N5O/c1-16-12-19(9-10-25-16)22-14-27-28-23(22)15-30-20-7-5-18(6-8-20)21-4-3-11-29-17(2)13-26-24(21)29/h3-14H,15H2,1-2H3,(H,27,28). The van der Waals surface area contributed by atoms with Crippen molar-refractivity contribution in [2.75, 3.05) is 0 Å². The minimum atomic E-state index is 0.408. The average molecular weight is 395 g/mol. The van der Waals surface area contributed by atoms with Crippen LogP contribution in [0.1, 0.15) is 17.1 Å². The molecule has 6 heteroatoms. The van der Waals surface area contributed by atoms with Gasteiger partial charge in [0.1, 0.15) is 18.0 Å². The van der Waals surface area contributed by atoms with Crippen LogP contribution in [0.4, 0.5) is 0 Å². The summed E-state index contributed by atoms with van der Waals surface area (Å²) >= 11 is 0. The van der Waals surface area contributed by atoms with E-state index < -0.39 is 0 Å². The normalized spacial score (nSPS) is 11.1. The number of hydrogen-bond donors (Lipinski definition) is 1. The van der Waals surface area contributed by atoms with E-state index in [1.165, 1.54) is 0 Å². The van der Waals surface area contributed by atoms with E-state index in [9.17, 15) is 0 Å². The summed E-state index contributed by atoms with van der Waals surface area (Å²) in [5.74, 6) is 0.802. The monoisotopic (exact) mass is 395 g/mol. The van der Waals surface area contributed by atoms with Gasteiger partial charge in [-0.2, -0.15) is 5.10 Å². The summed E-state index contributed by atoms with van der Waals surface area (Å²) in [5.41, 5.74) is 8.28. The Labute approximate surface area is 174 Å². The van der Waals surface area contributed by atoms with Crippen LogP contribution in [-0.4, -0.2) is 24.6 Å². The Morgan fingerprint density at radius 3 is 2.63 bits per heavy atom. The van der Waals surface area contributed by atoms with Gasteiger partial charge in [-0.3, -0.25) is 10.1 Å². The van der Waals surface area contributed by atoms with E-state index in [1.807, 2.05) is 62.0 Å². The van der Waals surface area contributed by atoms with Gasteiger partial charge < -0.3 is 9.14 Å². The Balaban J connectivity index is 1.35. The van der Waals surface area contributed by atoms with Gasteiger partial charge in [0, 0.05) is 41.1 Å². The number of pyridine rings is 2. The third kappa shape index (κ3) is 3.33. The van der Waals surface area contributed by atoms with Crippen molar-refractivity contribution in [2.24, 2.45) is 0 Å². The third-order valence-corrected chi connectivity index (χ3v) is 5.20. The van der Waals surface area contributed by atoms with Gasteiger partial charge in [0.05, 0.1) is 11.9 Å². The predicted octanol–water partition coefficient (Wildman–Crippen LogP) is 4.98. The lowest BCUT2D eigenvalue weighted by atomic mass is 10.1. The van der Waals surface area contributed by atoms with Gasteiger partial charge in [0.15, 0.2) is 0 Å². The summed E-state index contributed by atoms with van der Waals surface area (Å²) in [4.78, 5) is 8.81.